The van der Waals surface area contributed by atoms with Gasteiger partial charge in [0.15, 0.2) is 0 Å². The number of allylic oxidation sites excluding steroid dienone is 2. The Labute approximate surface area is 48.4 Å². The van der Waals surface area contributed by atoms with Gasteiger partial charge in [-0.25, -0.2) is 5.73 Å². The summed E-state index contributed by atoms with van der Waals surface area (Å²) in [5.74, 6) is 0. The Morgan fingerprint density at radius 2 is 2.38 bits per heavy atom. The van der Waals surface area contributed by atoms with Crippen molar-refractivity contribution in [3.8, 4) is 0 Å². The van der Waals surface area contributed by atoms with Crippen molar-refractivity contribution in [3.05, 3.63) is 24.6 Å². The first kappa shape index (κ1) is 5.18. The van der Waals surface area contributed by atoms with Crippen LogP contribution >= 0.6 is 0 Å². The molecule has 0 fully saturated rings. The Bertz CT molecular complexity index is 117. The lowest BCUT2D eigenvalue weighted by molar-refractivity contribution is 0.316. The first-order chi connectivity index (χ1) is 3.93. The first-order valence-corrected chi connectivity index (χ1v) is 2.44. The number of nitrogens with zero attached hydrogens (tertiary/aromatic N) is 1. The van der Waals surface area contributed by atoms with Gasteiger partial charge in [0.2, 0.25) is 0 Å². The summed E-state index contributed by atoms with van der Waals surface area (Å²) >= 11 is 0. The zero-order chi connectivity index (χ0) is 5.82. The van der Waals surface area contributed by atoms with Crippen molar-refractivity contribution in [1.82, 2.24) is 16.2 Å². The second kappa shape index (κ2) is 2.37. The molecule has 3 nitrogen and oxygen atoms in total. The fourth-order valence-electron chi connectivity index (χ4n) is 0.489. The van der Waals surface area contributed by atoms with Crippen LogP contribution in [-0.2, 0) is 0 Å². The summed E-state index contributed by atoms with van der Waals surface area (Å²) in [5.41, 5.74) is 9.72. The third-order valence-electron chi connectivity index (χ3n) is 0.884. The second-order valence-electron chi connectivity index (χ2n) is 1.46. The molecular weight excluding hydrogens is 102 g/mol. The highest BCUT2D eigenvalue weighted by molar-refractivity contribution is 5.04. The van der Waals surface area contributed by atoms with Gasteiger partial charge in [0.05, 0.1) is 0 Å². The number of hydrazine groups is 1. The fourth-order valence-corrected chi connectivity index (χ4v) is 0.489. The molecule has 0 atom stereocenters. The minimum atomic E-state index is 0.251. The van der Waals surface area contributed by atoms with Gasteiger partial charge < -0.3 is 5.43 Å². The topological polar surface area (TPSA) is 39.1 Å². The van der Waals surface area contributed by atoms with Crippen LogP contribution in [0.4, 0.5) is 0 Å². The van der Waals surface area contributed by atoms with E-state index in [0.29, 0.717) is 0 Å². The van der Waals surface area contributed by atoms with Crippen LogP contribution in [0.15, 0.2) is 24.6 Å². The summed E-state index contributed by atoms with van der Waals surface area (Å²) < 4.78 is 0. The second-order valence-corrected chi connectivity index (χ2v) is 1.46. The van der Waals surface area contributed by atoms with E-state index in [1.165, 1.54) is 0 Å². The molecule has 1 aliphatic rings. The normalized spacial score (nSPS) is 16.4. The van der Waals surface area contributed by atoms with Gasteiger partial charge in [-0.05, 0) is 12.2 Å². The highest BCUT2D eigenvalue weighted by Crippen LogP contribution is 1.88. The molecule has 1 aliphatic heterocycles. The summed E-state index contributed by atoms with van der Waals surface area (Å²) in [6.07, 6.45) is 7.36. The van der Waals surface area contributed by atoms with Crippen molar-refractivity contribution in [2.24, 2.45) is 0 Å². The molecule has 1 rings (SSSR count). The van der Waals surface area contributed by atoms with Crippen LogP contribution in [0, 0.1) is 0 Å². The Balaban J connectivity index is 2.40. The minimum absolute atomic E-state index is 0.251. The van der Waals surface area contributed by atoms with E-state index >= 15 is 0 Å². The predicted molar refractivity (Wildman–Crippen MR) is 31.2 cm³/mol. The maximum atomic E-state index is 6.88. The molecular formula is C5H8N3. The average molecular weight is 110 g/mol. The van der Waals surface area contributed by atoms with E-state index in [1.807, 2.05) is 18.4 Å². The molecule has 1 heterocycles. The molecule has 8 heavy (non-hydrogen) atoms. The zero-order valence-corrected chi connectivity index (χ0v) is 4.46. The molecule has 43 valence electrons. The lowest BCUT2D eigenvalue weighted by Gasteiger charge is -2.18. The number of hydrogen-bond acceptors (Lipinski definition) is 2. The summed E-state index contributed by atoms with van der Waals surface area (Å²) in [4.78, 5) is 0. The predicted octanol–water partition coefficient (Wildman–Crippen LogP) is 0.0744. The average Bonchev–Trinajstić information content (AvgIpc) is 1.90. The van der Waals surface area contributed by atoms with E-state index in [0.717, 1.165) is 0 Å². The molecule has 0 unspecified atom stereocenters. The maximum absolute atomic E-state index is 6.88. The molecule has 0 saturated carbocycles. The molecule has 0 bridgehead atoms. The molecule has 0 aromatic rings. The van der Waals surface area contributed by atoms with Crippen molar-refractivity contribution in [1.29, 1.82) is 0 Å². The van der Waals surface area contributed by atoms with Crippen LogP contribution in [0.5, 0.6) is 0 Å². The van der Waals surface area contributed by atoms with Crippen molar-refractivity contribution in [2.75, 3.05) is 6.67 Å². The Hall–Kier alpha value is -0.960. The van der Waals surface area contributed by atoms with Crippen LogP contribution in [0.2, 0.25) is 0 Å². The van der Waals surface area contributed by atoms with Crippen LogP contribution in [-0.4, -0.2) is 11.7 Å². The van der Waals surface area contributed by atoms with Gasteiger partial charge in [0, 0.05) is 12.4 Å². The van der Waals surface area contributed by atoms with Crippen LogP contribution in [0.1, 0.15) is 0 Å². The van der Waals surface area contributed by atoms with Gasteiger partial charge in [-0.15, -0.1) is 0 Å². The molecule has 3 heteroatoms. The molecule has 0 amide bonds. The molecule has 0 aromatic carbocycles. The lowest BCUT2D eigenvalue weighted by atomic mass is 10.5. The Morgan fingerprint density at radius 1 is 1.50 bits per heavy atom. The van der Waals surface area contributed by atoms with Crippen LogP contribution in [0.3, 0.4) is 0 Å². The largest absolute Gasteiger partial charge is 0.305 e. The van der Waals surface area contributed by atoms with E-state index in [1.54, 1.807) is 11.2 Å². The van der Waals surface area contributed by atoms with E-state index in [2.05, 4.69) is 5.43 Å². The Kier molecular flexibility index (Phi) is 1.54. The van der Waals surface area contributed by atoms with Crippen LogP contribution < -0.4 is 11.2 Å². The number of nitrogens with one attached hydrogen (secondary N) is 2. The third-order valence-corrected chi connectivity index (χ3v) is 0.884. The van der Waals surface area contributed by atoms with E-state index in [4.69, 9.17) is 5.73 Å². The highest BCUT2D eigenvalue weighted by atomic mass is 15.5. The molecule has 0 aliphatic carbocycles. The Morgan fingerprint density at radius 3 is 2.75 bits per heavy atom. The van der Waals surface area contributed by atoms with Gasteiger partial charge in [-0.3, -0.25) is 5.01 Å². The van der Waals surface area contributed by atoms with Crippen molar-refractivity contribution in [2.45, 2.75) is 0 Å². The third kappa shape index (κ3) is 1.01. The quantitative estimate of drug-likeness (QED) is 0.519. The molecule has 0 aromatic heterocycles. The minimum Gasteiger partial charge on any atom is -0.305 e. The lowest BCUT2D eigenvalue weighted by Crippen LogP contribution is -2.31. The molecule has 0 spiro atoms. The zero-order valence-electron chi connectivity index (χ0n) is 4.46. The summed E-state index contributed by atoms with van der Waals surface area (Å²) in [7, 11) is 0. The maximum Gasteiger partial charge on any atom is 0.101 e. The SMILES string of the molecule is [NH]CN1C=CC=CN1. The standard InChI is InChI=1S/C5H8N3/c6-5-8-4-2-1-3-7-8/h1-4,6-7H,5H2. The number of rotatable bonds is 1. The smallest absolute Gasteiger partial charge is 0.101 e. The van der Waals surface area contributed by atoms with E-state index < -0.39 is 0 Å². The summed E-state index contributed by atoms with van der Waals surface area (Å²) in [6, 6.07) is 0. The van der Waals surface area contributed by atoms with Gasteiger partial charge >= 0.3 is 0 Å². The van der Waals surface area contributed by atoms with Gasteiger partial charge in [-0.2, -0.15) is 0 Å². The van der Waals surface area contributed by atoms with Crippen molar-refractivity contribution < 1.29 is 0 Å². The summed E-state index contributed by atoms with van der Waals surface area (Å²) in [6.45, 7) is 0.251. The van der Waals surface area contributed by atoms with Gasteiger partial charge in [0.25, 0.3) is 0 Å². The highest BCUT2D eigenvalue weighted by Gasteiger charge is 1.90. The van der Waals surface area contributed by atoms with Gasteiger partial charge in [0.1, 0.15) is 6.67 Å². The molecule has 1 radical (unpaired) electrons. The van der Waals surface area contributed by atoms with E-state index in [-0.39, 0.29) is 6.67 Å². The first-order valence-electron chi connectivity index (χ1n) is 2.44. The van der Waals surface area contributed by atoms with Gasteiger partial charge in [-0.1, -0.05) is 0 Å². The van der Waals surface area contributed by atoms with E-state index in [9.17, 15) is 0 Å². The fraction of sp³-hybridized carbons (Fsp3) is 0.200. The van der Waals surface area contributed by atoms with Crippen LogP contribution in [0.25, 0.3) is 0 Å². The van der Waals surface area contributed by atoms with Crippen molar-refractivity contribution in [3.63, 3.8) is 0 Å². The summed E-state index contributed by atoms with van der Waals surface area (Å²) in [5, 5.41) is 1.67. The molecule has 2 N–H and O–H groups in total. The van der Waals surface area contributed by atoms with Crippen molar-refractivity contribution >= 4 is 0 Å². The monoisotopic (exact) mass is 110 g/mol. The number of hydrogen-bond donors (Lipinski definition) is 1. The molecule has 0 saturated heterocycles.